The van der Waals surface area contributed by atoms with E-state index in [1.54, 1.807) is 7.11 Å². The van der Waals surface area contributed by atoms with Crippen molar-refractivity contribution in [3.63, 3.8) is 0 Å². The fraction of sp³-hybridized carbons (Fsp3) is 0.176. The molecule has 0 saturated carbocycles. The van der Waals surface area contributed by atoms with Gasteiger partial charge in [0.15, 0.2) is 5.11 Å². The summed E-state index contributed by atoms with van der Waals surface area (Å²) in [6.07, 6.45) is 1.81. The monoisotopic (exact) mass is 326 g/mol. The Morgan fingerprint density at radius 1 is 1.17 bits per heavy atom. The molecule has 0 amide bonds. The van der Waals surface area contributed by atoms with E-state index in [0.717, 1.165) is 27.8 Å². The summed E-state index contributed by atoms with van der Waals surface area (Å²) in [5.41, 5.74) is 9.16. The molecule has 23 heavy (non-hydrogen) atoms. The number of H-pyrrole nitrogens is 1. The quantitative estimate of drug-likeness (QED) is 0.706. The Kier molecular flexibility index (Phi) is 4.43. The van der Waals surface area contributed by atoms with Crippen LogP contribution in [0.4, 0.5) is 0 Å². The van der Waals surface area contributed by atoms with Crippen LogP contribution in [0.15, 0.2) is 48.7 Å². The number of nitrogens with zero attached hydrogens (tertiary/aromatic N) is 2. The van der Waals surface area contributed by atoms with E-state index in [-0.39, 0.29) is 0 Å². The zero-order chi connectivity index (χ0) is 16.2. The van der Waals surface area contributed by atoms with Crippen LogP contribution < -0.4 is 10.5 Å². The lowest BCUT2D eigenvalue weighted by atomic mass is 10.1. The maximum Gasteiger partial charge on any atom is 0.166 e. The number of aromatic nitrogens is 2. The molecule has 3 rings (SSSR count). The lowest BCUT2D eigenvalue weighted by molar-refractivity contribution is 0.405. The Morgan fingerprint density at radius 2 is 1.87 bits per heavy atom. The minimum absolute atomic E-state index is 0.380. The number of aromatic amines is 1. The van der Waals surface area contributed by atoms with Gasteiger partial charge in [-0.1, -0.05) is 24.3 Å². The summed E-state index contributed by atoms with van der Waals surface area (Å²) in [5, 5.41) is 8.49. The maximum atomic E-state index is 5.89. The second kappa shape index (κ2) is 6.66. The topological polar surface area (TPSA) is 67.2 Å². The molecule has 1 heterocycles. The average Bonchev–Trinajstić information content (AvgIpc) is 3.02. The van der Waals surface area contributed by atoms with Crippen molar-refractivity contribution < 1.29 is 4.74 Å². The Bertz CT molecular complexity index is 813. The van der Waals surface area contributed by atoms with Gasteiger partial charge in [-0.25, -0.2) is 0 Å². The number of nitrogens with two attached hydrogens (primary N) is 1. The van der Waals surface area contributed by atoms with Crippen molar-refractivity contribution in [2.75, 3.05) is 7.11 Å². The largest absolute Gasteiger partial charge is 0.497 e. The summed E-state index contributed by atoms with van der Waals surface area (Å²) >= 11 is 5.20. The fourth-order valence-corrected chi connectivity index (χ4v) is 2.60. The van der Waals surface area contributed by atoms with Gasteiger partial charge in [0.05, 0.1) is 18.8 Å². The van der Waals surface area contributed by atoms with Gasteiger partial charge in [0, 0.05) is 18.5 Å². The van der Waals surface area contributed by atoms with E-state index in [1.165, 1.54) is 0 Å². The number of thiocarbonyl (C=S) groups is 1. The molecular formula is C17H18N4OS. The van der Waals surface area contributed by atoms with Crippen molar-refractivity contribution >= 4 is 28.2 Å². The Morgan fingerprint density at radius 3 is 2.57 bits per heavy atom. The normalized spacial score (nSPS) is 10.7. The highest BCUT2D eigenvalue weighted by Crippen LogP contribution is 2.17. The third-order valence-electron chi connectivity index (χ3n) is 3.72. The first-order chi connectivity index (χ1) is 11.2. The first-order valence-electron chi connectivity index (χ1n) is 7.25. The minimum atomic E-state index is 0.380. The number of ether oxygens (including phenoxy) is 1. The van der Waals surface area contributed by atoms with E-state index in [9.17, 15) is 0 Å². The van der Waals surface area contributed by atoms with Crippen LogP contribution in [0, 0.1) is 0 Å². The molecule has 118 valence electrons. The number of rotatable bonds is 5. The number of nitrogens with one attached hydrogen (secondary N) is 1. The summed E-state index contributed by atoms with van der Waals surface area (Å²) in [4.78, 5) is 1.97. The molecule has 0 aliphatic heterocycles. The predicted octanol–water partition coefficient (Wildman–Crippen LogP) is 2.82. The lowest BCUT2D eigenvalue weighted by Crippen LogP contribution is -2.34. The zero-order valence-electron chi connectivity index (χ0n) is 12.8. The molecule has 0 radical (unpaired) electrons. The number of benzene rings is 2. The van der Waals surface area contributed by atoms with Gasteiger partial charge in [-0.05, 0) is 41.5 Å². The van der Waals surface area contributed by atoms with Crippen LogP contribution in [0.3, 0.4) is 0 Å². The molecule has 1 aromatic heterocycles. The molecular weight excluding hydrogens is 308 g/mol. The molecule has 0 bridgehead atoms. The van der Waals surface area contributed by atoms with Crippen molar-refractivity contribution in [3.05, 3.63) is 59.8 Å². The van der Waals surface area contributed by atoms with Crippen molar-refractivity contribution in [1.29, 1.82) is 0 Å². The highest BCUT2D eigenvalue weighted by atomic mass is 32.1. The molecule has 0 fully saturated rings. The van der Waals surface area contributed by atoms with E-state index in [1.807, 2.05) is 41.4 Å². The highest BCUT2D eigenvalue weighted by Gasteiger charge is 2.09. The molecule has 3 N–H and O–H groups in total. The third-order valence-corrected chi connectivity index (χ3v) is 3.98. The van der Waals surface area contributed by atoms with Crippen LogP contribution in [0.5, 0.6) is 5.75 Å². The summed E-state index contributed by atoms with van der Waals surface area (Å²) in [5.74, 6) is 0.834. The third kappa shape index (κ3) is 3.60. The van der Waals surface area contributed by atoms with Crippen LogP contribution in [0.1, 0.15) is 11.1 Å². The van der Waals surface area contributed by atoms with Gasteiger partial charge >= 0.3 is 0 Å². The van der Waals surface area contributed by atoms with Crippen molar-refractivity contribution in [2.24, 2.45) is 5.73 Å². The number of hydrogen-bond donors (Lipinski definition) is 2. The number of fused-ring (bicyclic) bond motifs is 1. The Labute approximate surface area is 140 Å². The minimum Gasteiger partial charge on any atom is -0.497 e. The van der Waals surface area contributed by atoms with E-state index in [0.29, 0.717) is 18.2 Å². The number of methoxy groups -OCH3 is 1. The first kappa shape index (κ1) is 15.3. The summed E-state index contributed by atoms with van der Waals surface area (Å²) in [7, 11) is 1.65. The Balaban J connectivity index is 1.76. The second-order valence-corrected chi connectivity index (χ2v) is 5.75. The zero-order valence-corrected chi connectivity index (χ0v) is 13.6. The van der Waals surface area contributed by atoms with Gasteiger partial charge in [0.2, 0.25) is 0 Å². The van der Waals surface area contributed by atoms with Crippen molar-refractivity contribution in [3.8, 4) is 5.75 Å². The highest BCUT2D eigenvalue weighted by molar-refractivity contribution is 7.80. The van der Waals surface area contributed by atoms with E-state index in [2.05, 4.69) is 22.3 Å². The molecule has 0 aliphatic rings. The standard InChI is InChI=1S/C17H18N4OS/c1-22-15-6-3-12(4-7-15)10-21(17(18)23)11-13-2-5-14-9-19-20-16(14)8-13/h2-9H,10-11H2,1H3,(H2,18,23)(H,19,20). The van der Waals surface area contributed by atoms with Gasteiger partial charge in [0.1, 0.15) is 5.75 Å². The van der Waals surface area contributed by atoms with Crippen LogP contribution in [-0.4, -0.2) is 27.3 Å². The smallest absolute Gasteiger partial charge is 0.166 e. The first-order valence-corrected chi connectivity index (χ1v) is 7.66. The summed E-state index contributed by atoms with van der Waals surface area (Å²) in [6, 6.07) is 14.1. The molecule has 0 unspecified atom stereocenters. The maximum absolute atomic E-state index is 5.89. The van der Waals surface area contributed by atoms with Gasteiger partial charge in [-0.3, -0.25) is 5.10 Å². The van der Waals surface area contributed by atoms with Gasteiger partial charge in [-0.2, -0.15) is 5.10 Å². The van der Waals surface area contributed by atoms with Crippen LogP contribution >= 0.6 is 12.2 Å². The fourth-order valence-electron chi connectivity index (χ4n) is 2.47. The molecule has 0 saturated heterocycles. The van der Waals surface area contributed by atoms with Crippen LogP contribution in [-0.2, 0) is 13.1 Å². The summed E-state index contributed by atoms with van der Waals surface area (Å²) in [6.45, 7) is 1.30. The molecule has 0 spiro atoms. The predicted molar refractivity (Wildman–Crippen MR) is 95.1 cm³/mol. The van der Waals surface area contributed by atoms with Gasteiger partial charge in [-0.15, -0.1) is 0 Å². The van der Waals surface area contributed by atoms with Crippen molar-refractivity contribution in [2.45, 2.75) is 13.1 Å². The second-order valence-electron chi connectivity index (χ2n) is 5.33. The molecule has 3 aromatic rings. The van der Waals surface area contributed by atoms with Crippen LogP contribution in [0.2, 0.25) is 0 Å². The van der Waals surface area contributed by atoms with Gasteiger partial charge in [0.25, 0.3) is 0 Å². The molecule has 2 aromatic carbocycles. The number of hydrogen-bond acceptors (Lipinski definition) is 3. The molecule has 6 heteroatoms. The average molecular weight is 326 g/mol. The van der Waals surface area contributed by atoms with E-state index < -0.39 is 0 Å². The SMILES string of the molecule is COc1ccc(CN(Cc2ccc3cn[nH]c3c2)C(N)=S)cc1. The van der Waals surface area contributed by atoms with Crippen LogP contribution in [0.25, 0.3) is 10.9 Å². The van der Waals surface area contributed by atoms with E-state index >= 15 is 0 Å². The van der Waals surface area contributed by atoms with E-state index in [4.69, 9.17) is 22.7 Å². The van der Waals surface area contributed by atoms with Gasteiger partial charge < -0.3 is 15.4 Å². The molecule has 0 atom stereocenters. The lowest BCUT2D eigenvalue weighted by Gasteiger charge is -2.23. The molecule has 5 nitrogen and oxygen atoms in total. The van der Waals surface area contributed by atoms with Crippen molar-refractivity contribution in [1.82, 2.24) is 15.1 Å². The summed E-state index contributed by atoms with van der Waals surface area (Å²) < 4.78 is 5.18. The molecule has 0 aliphatic carbocycles. The Hall–Kier alpha value is -2.60.